The molecule has 1 heterocycles. The second-order valence-electron chi connectivity index (χ2n) is 3.43. The minimum atomic E-state index is 1.00. The van der Waals surface area contributed by atoms with Crippen LogP contribution in [0.1, 0.15) is 27.2 Å². The molecule has 0 aromatic carbocycles. The molecule has 0 aliphatic carbocycles. The summed E-state index contributed by atoms with van der Waals surface area (Å²) < 4.78 is 1.07. The molecule has 0 saturated heterocycles. The molecule has 76 valence electrons. The number of halogens is 1. The van der Waals surface area contributed by atoms with E-state index in [0.717, 1.165) is 16.6 Å². The summed E-state index contributed by atoms with van der Waals surface area (Å²) in [6.45, 7) is 10.5. The summed E-state index contributed by atoms with van der Waals surface area (Å²) in [5.74, 6) is 0. The summed E-state index contributed by atoms with van der Waals surface area (Å²) in [6.07, 6.45) is 7.17. The maximum Gasteiger partial charge on any atom is 0.0391 e. The molecule has 1 aliphatic heterocycles. The normalized spacial score (nSPS) is 18.1. The Morgan fingerprint density at radius 1 is 1.50 bits per heavy atom. The van der Waals surface area contributed by atoms with Crippen LogP contribution in [0, 0.1) is 0 Å². The van der Waals surface area contributed by atoms with E-state index in [1.54, 1.807) is 0 Å². The molecule has 0 spiro atoms. The topological polar surface area (TPSA) is 3.24 Å². The highest BCUT2D eigenvalue weighted by Crippen LogP contribution is 2.25. The summed E-state index contributed by atoms with van der Waals surface area (Å²) in [5, 5.41) is 0. The zero-order chi connectivity index (χ0) is 10.7. The van der Waals surface area contributed by atoms with Crippen LogP contribution >= 0.6 is 15.9 Å². The van der Waals surface area contributed by atoms with Gasteiger partial charge in [-0.2, -0.15) is 0 Å². The largest absolute Gasteiger partial charge is 0.322 e. The second-order valence-corrected chi connectivity index (χ2v) is 4.34. The van der Waals surface area contributed by atoms with Crippen molar-refractivity contribution in [3.8, 4) is 0 Å². The van der Waals surface area contributed by atoms with E-state index in [4.69, 9.17) is 0 Å². The molecule has 0 fully saturated rings. The van der Waals surface area contributed by atoms with Crippen LogP contribution in [-0.2, 0) is 0 Å². The molecule has 0 aromatic rings. The van der Waals surface area contributed by atoms with Crippen molar-refractivity contribution in [2.75, 3.05) is 0 Å². The van der Waals surface area contributed by atoms with Crippen LogP contribution in [0.25, 0.3) is 0 Å². The van der Waals surface area contributed by atoms with Crippen molar-refractivity contribution in [3.63, 3.8) is 0 Å². The summed E-state index contributed by atoms with van der Waals surface area (Å²) >= 11 is 3.43. The maximum atomic E-state index is 4.02. The minimum Gasteiger partial charge on any atom is -0.322 e. The number of allylic oxidation sites excluding steroid dienone is 5. The van der Waals surface area contributed by atoms with Crippen molar-refractivity contribution in [1.82, 2.24) is 4.90 Å². The molecule has 0 aromatic heterocycles. The Labute approximate surface area is 94.6 Å². The van der Waals surface area contributed by atoms with Crippen molar-refractivity contribution in [2.45, 2.75) is 27.2 Å². The molecule has 0 radical (unpaired) electrons. The van der Waals surface area contributed by atoms with E-state index in [9.17, 15) is 0 Å². The van der Waals surface area contributed by atoms with Gasteiger partial charge < -0.3 is 4.90 Å². The molecule has 0 bridgehead atoms. The lowest BCUT2D eigenvalue weighted by atomic mass is 10.1. The molecular weight excluding hydrogens is 238 g/mol. The summed E-state index contributed by atoms with van der Waals surface area (Å²) in [4.78, 5) is 2.11. The second kappa shape index (κ2) is 4.65. The Bertz CT molecular complexity index is 334. The van der Waals surface area contributed by atoms with Gasteiger partial charge in [0.05, 0.1) is 0 Å². The van der Waals surface area contributed by atoms with Crippen molar-refractivity contribution in [2.24, 2.45) is 0 Å². The van der Waals surface area contributed by atoms with Crippen molar-refractivity contribution in [3.05, 3.63) is 46.4 Å². The van der Waals surface area contributed by atoms with Crippen LogP contribution in [0.15, 0.2) is 46.4 Å². The fourth-order valence-corrected chi connectivity index (χ4v) is 1.69. The van der Waals surface area contributed by atoms with Gasteiger partial charge in [0.1, 0.15) is 0 Å². The number of hydrogen-bond acceptors (Lipinski definition) is 1. The third kappa shape index (κ3) is 2.38. The van der Waals surface area contributed by atoms with E-state index in [0.29, 0.717) is 0 Å². The first kappa shape index (κ1) is 11.3. The Morgan fingerprint density at radius 2 is 2.14 bits per heavy atom. The van der Waals surface area contributed by atoms with E-state index in [-0.39, 0.29) is 0 Å². The Kier molecular flexibility index (Phi) is 3.76. The highest BCUT2D eigenvalue weighted by atomic mass is 79.9. The fraction of sp³-hybridized carbons (Fsp3) is 0.333. The highest BCUT2D eigenvalue weighted by Gasteiger charge is 2.10. The number of rotatable bonds is 2. The SMILES string of the molecule is C=C1C=C(Br)C=CN1/C(C)=C(\C)CC. The predicted octanol–water partition coefficient (Wildman–Crippen LogP) is 4.31. The lowest BCUT2D eigenvalue weighted by Gasteiger charge is -2.26. The molecule has 0 unspecified atom stereocenters. The standard InChI is InChI=1S/C12H16BrN/c1-5-9(2)11(4)14-7-6-12(13)8-10(14)3/h6-8H,3,5H2,1-2,4H3/b11-9+. The molecular formula is C12H16BrN. The zero-order valence-electron chi connectivity index (χ0n) is 8.97. The quantitative estimate of drug-likeness (QED) is 0.709. The van der Waals surface area contributed by atoms with Crippen molar-refractivity contribution in [1.29, 1.82) is 0 Å². The molecule has 14 heavy (non-hydrogen) atoms. The average molecular weight is 254 g/mol. The molecule has 1 rings (SSSR count). The predicted molar refractivity (Wildman–Crippen MR) is 65.8 cm³/mol. The molecule has 0 N–H and O–H groups in total. The van der Waals surface area contributed by atoms with Crippen molar-refractivity contribution < 1.29 is 0 Å². The van der Waals surface area contributed by atoms with E-state index in [2.05, 4.69) is 48.2 Å². The van der Waals surface area contributed by atoms with Crippen LogP contribution < -0.4 is 0 Å². The van der Waals surface area contributed by atoms with E-state index in [1.165, 1.54) is 11.3 Å². The van der Waals surface area contributed by atoms with Gasteiger partial charge in [0, 0.05) is 22.1 Å². The Balaban J connectivity index is 2.93. The van der Waals surface area contributed by atoms with Crippen LogP contribution in [0.4, 0.5) is 0 Å². The average Bonchev–Trinajstić information content (AvgIpc) is 2.15. The highest BCUT2D eigenvalue weighted by molar-refractivity contribution is 9.11. The van der Waals surface area contributed by atoms with Crippen molar-refractivity contribution >= 4 is 15.9 Å². The van der Waals surface area contributed by atoms with E-state index >= 15 is 0 Å². The first-order valence-electron chi connectivity index (χ1n) is 4.76. The lowest BCUT2D eigenvalue weighted by molar-refractivity contribution is 0.579. The van der Waals surface area contributed by atoms with Gasteiger partial charge in [-0.15, -0.1) is 0 Å². The molecule has 0 atom stereocenters. The van der Waals surface area contributed by atoms with Gasteiger partial charge in [-0.05, 0) is 32.4 Å². The third-order valence-corrected chi connectivity index (χ3v) is 3.00. The summed E-state index contributed by atoms with van der Waals surface area (Å²) in [7, 11) is 0. The first-order chi connectivity index (χ1) is 6.56. The molecule has 0 amide bonds. The van der Waals surface area contributed by atoms with Gasteiger partial charge in [0.2, 0.25) is 0 Å². The van der Waals surface area contributed by atoms with Gasteiger partial charge in [-0.1, -0.05) is 35.0 Å². The monoisotopic (exact) mass is 253 g/mol. The van der Waals surface area contributed by atoms with Crippen LogP contribution in [-0.4, -0.2) is 4.90 Å². The van der Waals surface area contributed by atoms with Gasteiger partial charge in [0.15, 0.2) is 0 Å². The van der Waals surface area contributed by atoms with Gasteiger partial charge in [-0.25, -0.2) is 0 Å². The first-order valence-corrected chi connectivity index (χ1v) is 5.55. The lowest BCUT2D eigenvalue weighted by Crippen LogP contribution is -2.15. The zero-order valence-corrected chi connectivity index (χ0v) is 10.6. The van der Waals surface area contributed by atoms with Gasteiger partial charge in [-0.3, -0.25) is 0 Å². The van der Waals surface area contributed by atoms with Gasteiger partial charge in [0.25, 0.3) is 0 Å². The van der Waals surface area contributed by atoms with Crippen LogP contribution in [0.5, 0.6) is 0 Å². The minimum absolute atomic E-state index is 1.00. The van der Waals surface area contributed by atoms with Gasteiger partial charge >= 0.3 is 0 Å². The smallest absolute Gasteiger partial charge is 0.0391 e. The van der Waals surface area contributed by atoms with Crippen LogP contribution in [0.2, 0.25) is 0 Å². The molecule has 1 aliphatic rings. The van der Waals surface area contributed by atoms with E-state index in [1.807, 2.05) is 18.4 Å². The number of nitrogens with zero attached hydrogens (tertiary/aromatic N) is 1. The van der Waals surface area contributed by atoms with Crippen LogP contribution in [0.3, 0.4) is 0 Å². The van der Waals surface area contributed by atoms with E-state index < -0.39 is 0 Å². The number of hydrogen-bond donors (Lipinski definition) is 0. The molecule has 2 heteroatoms. The fourth-order valence-electron chi connectivity index (χ4n) is 1.31. The molecule has 1 nitrogen and oxygen atoms in total. The maximum absolute atomic E-state index is 4.02. The Hall–Kier alpha value is -0.760. The Morgan fingerprint density at radius 3 is 2.64 bits per heavy atom. The molecule has 0 saturated carbocycles. The summed E-state index contributed by atoms with van der Waals surface area (Å²) in [6, 6.07) is 0. The summed E-state index contributed by atoms with van der Waals surface area (Å²) in [5.41, 5.74) is 3.66. The third-order valence-electron chi connectivity index (χ3n) is 2.51.